The summed E-state index contributed by atoms with van der Waals surface area (Å²) in [5, 5.41) is 0. The fourth-order valence-electron chi connectivity index (χ4n) is 2.98. The Morgan fingerprint density at radius 1 is 0.467 bits per heavy atom. The Kier molecular flexibility index (Phi) is 8.94. The molecule has 0 saturated heterocycles. The van der Waals surface area contributed by atoms with Crippen molar-refractivity contribution in [2.24, 2.45) is 0 Å². The van der Waals surface area contributed by atoms with Crippen molar-refractivity contribution in [3.05, 3.63) is 8.95 Å². The van der Waals surface area contributed by atoms with Gasteiger partial charge >= 0.3 is 0 Å². The van der Waals surface area contributed by atoms with Crippen molar-refractivity contribution >= 4 is 126 Å². The van der Waals surface area contributed by atoms with Crippen molar-refractivity contribution in [2.75, 3.05) is 0 Å². The fraction of sp³-hybridized carbons (Fsp3) is 0.600. The van der Waals surface area contributed by atoms with Crippen LogP contribution >= 0.6 is 76.1 Å². The van der Waals surface area contributed by atoms with Gasteiger partial charge in [0.25, 0.3) is 0 Å². The topological polar surface area (TPSA) is 0 Å². The Labute approximate surface area is 221 Å². The predicted molar refractivity (Wildman–Crippen MR) is 168 cm³/mol. The van der Waals surface area contributed by atoms with E-state index in [-0.39, 0.29) is 0 Å². The first-order chi connectivity index (χ1) is 13.3. The zero-order valence-electron chi connectivity index (χ0n) is 20.4. The van der Waals surface area contributed by atoms with Crippen LogP contribution in [-0.4, -0.2) is 32.3 Å². The summed E-state index contributed by atoms with van der Waals surface area (Å²) in [6, 6.07) is 0. The van der Waals surface area contributed by atoms with Crippen LogP contribution in [0.1, 0.15) is 0 Å². The van der Waals surface area contributed by atoms with Gasteiger partial charge in [-0.3, -0.25) is 0 Å². The second kappa shape index (κ2) is 9.53. The molecule has 0 bridgehead atoms. The lowest BCUT2D eigenvalue weighted by atomic mass is 10.6. The molecule has 10 heteroatoms. The van der Waals surface area contributed by atoms with Crippen molar-refractivity contribution in [1.29, 1.82) is 0 Å². The molecule has 0 fully saturated rings. The van der Waals surface area contributed by atoms with E-state index in [2.05, 4.69) is 133 Å². The molecule has 0 aliphatic heterocycles. The van der Waals surface area contributed by atoms with Crippen LogP contribution in [0.4, 0.5) is 0 Å². The number of thiophene rings is 2. The number of hydrogen-bond donors (Lipinski definition) is 0. The maximum atomic E-state index is 4.06. The molecule has 2 rings (SSSR count). The van der Waals surface area contributed by atoms with Crippen molar-refractivity contribution < 1.29 is 0 Å². The number of rotatable bonds is 7. The highest BCUT2D eigenvalue weighted by atomic mass is 79.9. The zero-order chi connectivity index (χ0) is 23.4. The Bertz CT molecular complexity index is 847. The van der Waals surface area contributed by atoms with Gasteiger partial charge in [-0.1, -0.05) is 100 Å². The van der Waals surface area contributed by atoms with Crippen LogP contribution in [0.3, 0.4) is 0 Å². The molecule has 30 heavy (non-hydrogen) atoms. The standard InChI is InChI=1S/C20H36Br2S4Si4/c1-27(2,3)17-13(21)15(19(23-17)29(7,8)9)25-26-16-14(22)18(28(4,5)6)24-20(16)30(10,11)12/h1-12H3. The molecule has 0 spiro atoms. The maximum Gasteiger partial charge on any atom is 0.0919 e. The molecule has 0 saturated carbocycles. The van der Waals surface area contributed by atoms with Crippen LogP contribution < -0.4 is 18.0 Å². The smallest absolute Gasteiger partial charge is 0.0919 e. The molecule has 0 nitrogen and oxygen atoms in total. The van der Waals surface area contributed by atoms with E-state index in [1.807, 2.05) is 21.6 Å². The zero-order valence-corrected chi connectivity index (χ0v) is 30.8. The Balaban J connectivity index is 2.57. The first-order valence-corrected chi connectivity index (χ1v) is 29.6. The van der Waals surface area contributed by atoms with E-state index < -0.39 is 32.3 Å². The normalized spacial score (nSPS) is 13.9. The second-order valence-corrected chi connectivity index (χ2v) is 39.2. The molecular weight excluding hydrogens is 641 g/mol. The molecule has 170 valence electrons. The highest BCUT2D eigenvalue weighted by Gasteiger charge is 2.35. The highest BCUT2D eigenvalue weighted by Crippen LogP contribution is 2.45. The molecule has 0 radical (unpaired) electrons. The summed E-state index contributed by atoms with van der Waals surface area (Å²) in [6.07, 6.45) is 0. The minimum atomic E-state index is -1.41. The fourth-order valence-corrected chi connectivity index (χ4v) is 26.2. The minimum Gasteiger partial charge on any atom is -0.152 e. The van der Waals surface area contributed by atoms with Gasteiger partial charge in [-0.25, -0.2) is 0 Å². The minimum absolute atomic E-state index is 1.37. The Hall–Kier alpha value is 1.93. The molecule has 2 heterocycles. The summed E-state index contributed by atoms with van der Waals surface area (Å²) in [5.74, 6) is 0. The first-order valence-electron chi connectivity index (χ1n) is 10.3. The van der Waals surface area contributed by atoms with Crippen LogP contribution in [0.5, 0.6) is 0 Å². The lowest BCUT2D eigenvalue weighted by molar-refractivity contribution is 1.54. The van der Waals surface area contributed by atoms with Crippen molar-refractivity contribution in [2.45, 2.75) is 88.4 Å². The van der Waals surface area contributed by atoms with Gasteiger partial charge < -0.3 is 0 Å². The van der Waals surface area contributed by atoms with Crippen LogP contribution in [-0.2, 0) is 0 Å². The molecule has 2 aromatic heterocycles. The summed E-state index contributed by atoms with van der Waals surface area (Å²) in [7, 11) is -1.54. The van der Waals surface area contributed by atoms with E-state index in [0.717, 1.165) is 0 Å². The second-order valence-electron chi connectivity index (χ2n) is 12.0. The van der Waals surface area contributed by atoms with Gasteiger partial charge in [0.2, 0.25) is 0 Å². The third kappa shape index (κ3) is 6.32. The number of halogens is 2. The maximum absolute atomic E-state index is 4.06. The first kappa shape index (κ1) is 28.2. The lowest BCUT2D eigenvalue weighted by Gasteiger charge is -2.18. The molecule has 0 atom stereocenters. The molecule has 0 unspecified atom stereocenters. The summed E-state index contributed by atoms with van der Waals surface area (Å²) in [5.41, 5.74) is 0. The molecule has 0 amide bonds. The van der Waals surface area contributed by atoms with Gasteiger partial charge in [-0.15, -0.1) is 0 Å². The van der Waals surface area contributed by atoms with Gasteiger partial charge in [0, 0.05) is 36.7 Å². The summed E-state index contributed by atoms with van der Waals surface area (Å²) in [4.78, 5) is 3.02. The predicted octanol–water partition coefficient (Wildman–Crippen LogP) is 8.31. The third-order valence-corrected chi connectivity index (χ3v) is 27.7. The highest BCUT2D eigenvalue weighted by molar-refractivity contribution is 9.11. The molecule has 0 aliphatic carbocycles. The van der Waals surface area contributed by atoms with Crippen molar-refractivity contribution in [1.82, 2.24) is 0 Å². The van der Waals surface area contributed by atoms with Gasteiger partial charge in [0.15, 0.2) is 0 Å². The summed E-state index contributed by atoms with van der Waals surface area (Å²) >= 11 is 12.3. The van der Waals surface area contributed by atoms with Crippen LogP contribution in [0.2, 0.25) is 78.6 Å². The molecule has 2 aromatic rings. The SMILES string of the molecule is C[Si](C)(C)c1sc([Si](C)(C)C)c(SSc2c([Si](C)(C)C)sc([Si](C)(C)C)c2Br)c1Br. The van der Waals surface area contributed by atoms with Crippen LogP contribution in [0, 0.1) is 0 Å². The van der Waals surface area contributed by atoms with E-state index in [1.54, 1.807) is 18.0 Å². The van der Waals surface area contributed by atoms with E-state index in [1.165, 1.54) is 18.7 Å². The third-order valence-electron chi connectivity index (χ3n) is 4.55. The molecule has 0 aliphatic rings. The van der Waals surface area contributed by atoms with Gasteiger partial charge in [0.05, 0.1) is 32.3 Å². The average molecular weight is 677 g/mol. The molecular formula is C20H36Br2S4Si4. The van der Waals surface area contributed by atoms with Crippen LogP contribution in [0.25, 0.3) is 0 Å². The molecule has 0 N–H and O–H groups in total. The average Bonchev–Trinajstić information content (AvgIpc) is 3.01. The van der Waals surface area contributed by atoms with Crippen LogP contribution in [0.15, 0.2) is 18.7 Å². The van der Waals surface area contributed by atoms with Gasteiger partial charge in [-0.05, 0) is 31.9 Å². The summed E-state index contributed by atoms with van der Waals surface area (Å²) < 4.78 is 9.37. The molecule has 0 aromatic carbocycles. The van der Waals surface area contributed by atoms with E-state index in [4.69, 9.17) is 0 Å². The van der Waals surface area contributed by atoms with Gasteiger partial charge in [0.1, 0.15) is 0 Å². The largest absolute Gasteiger partial charge is 0.152 e. The van der Waals surface area contributed by atoms with Crippen molar-refractivity contribution in [3.8, 4) is 0 Å². The monoisotopic (exact) mass is 674 g/mol. The Morgan fingerprint density at radius 3 is 0.900 bits per heavy atom. The van der Waals surface area contributed by atoms with Crippen molar-refractivity contribution in [3.63, 3.8) is 0 Å². The summed E-state index contributed by atoms with van der Waals surface area (Å²) in [6.45, 7) is 29.8. The lowest BCUT2D eigenvalue weighted by Crippen LogP contribution is -2.38. The quantitative estimate of drug-likeness (QED) is 0.214. The van der Waals surface area contributed by atoms with E-state index >= 15 is 0 Å². The van der Waals surface area contributed by atoms with E-state index in [0.29, 0.717) is 0 Å². The van der Waals surface area contributed by atoms with E-state index in [9.17, 15) is 0 Å². The number of hydrogen-bond acceptors (Lipinski definition) is 4. The van der Waals surface area contributed by atoms with Gasteiger partial charge in [-0.2, -0.15) is 22.7 Å². The Morgan fingerprint density at radius 2 is 0.700 bits per heavy atom.